The number of amides is 2. The van der Waals surface area contributed by atoms with Crippen LogP contribution in [0.4, 0.5) is 5.69 Å². The van der Waals surface area contributed by atoms with E-state index in [1.54, 1.807) is 18.2 Å². The average molecular weight is 615 g/mol. The van der Waals surface area contributed by atoms with Crippen LogP contribution < -0.4 is 20.8 Å². The highest BCUT2D eigenvalue weighted by molar-refractivity contribution is 6.32. The number of aromatic nitrogens is 2. The molecule has 11 heteroatoms. The van der Waals surface area contributed by atoms with E-state index in [2.05, 4.69) is 22.7 Å². The number of rotatable bonds is 16. The third-order valence-electron chi connectivity index (χ3n) is 8.09. The number of aromatic carboxylic acids is 1. The predicted molar refractivity (Wildman–Crippen MR) is 173 cm³/mol. The van der Waals surface area contributed by atoms with E-state index >= 15 is 0 Å². The largest absolute Gasteiger partial charge is 0.491 e. The summed E-state index contributed by atoms with van der Waals surface area (Å²) in [5.41, 5.74) is 1.39. The molecule has 0 spiro atoms. The minimum absolute atomic E-state index is 0.0818. The van der Waals surface area contributed by atoms with Crippen LogP contribution in [0.15, 0.2) is 54.6 Å². The van der Waals surface area contributed by atoms with E-state index in [0.717, 1.165) is 42.0 Å². The number of carbonyl (C=O) groups is 3. The van der Waals surface area contributed by atoms with Gasteiger partial charge in [0.1, 0.15) is 25.8 Å². The highest BCUT2D eigenvalue weighted by Gasteiger charge is 2.25. The zero-order valence-corrected chi connectivity index (χ0v) is 26.2. The fourth-order valence-corrected chi connectivity index (χ4v) is 5.65. The third kappa shape index (κ3) is 9.94. The number of hydrogen-bond acceptors (Lipinski definition) is 6. The van der Waals surface area contributed by atoms with E-state index < -0.39 is 17.8 Å². The van der Waals surface area contributed by atoms with E-state index in [-0.39, 0.29) is 30.1 Å². The van der Waals surface area contributed by atoms with Crippen molar-refractivity contribution in [3.05, 3.63) is 71.5 Å². The molecule has 1 aromatic heterocycles. The smallest absolute Gasteiger partial charge is 0.356 e. The predicted octanol–water partition coefficient (Wildman–Crippen LogP) is 4.87. The number of nitrogens with one attached hydrogen (secondary N) is 2. The summed E-state index contributed by atoms with van der Waals surface area (Å²) in [5.74, 6) is -1.45. The average Bonchev–Trinajstić information content (AvgIpc) is 3.47. The molecule has 3 N–H and O–H groups in total. The molecule has 0 aliphatic heterocycles. The van der Waals surface area contributed by atoms with Crippen LogP contribution >= 0.6 is 0 Å². The molecule has 1 heterocycles. The Balaban J connectivity index is 1.46. The van der Waals surface area contributed by atoms with E-state index in [1.165, 1.54) is 19.3 Å². The number of hydrogen-bond donors (Lipinski definition) is 3. The maximum atomic E-state index is 13.5. The van der Waals surface area contributed by atoms with Crippen molar-refractivity contribution in [3.8, 4) is 5.75 Å². The molecule has 1 saturated carbocycles. The maximum Gasteiger partial charge on any atom is 0.356 e. The minimum atomic E-state index is -1.31. The first-order valence-electron chi connectivity index (χ1n) is 15.9. The van der Waals surface area contributed by atoms with Gasteiger partial charge in [-0.15, -0.1) is 0 Å². The molecule has 1 fully saturated rings. The summed E-state index contributed by atoms with van der Waals surface area (Å²) < 4.78 is 13.4. The summed E-state index contributed by atoms with van der Waals surface area (Å²) in [7, 11) is 6.02. The van der Waals surface area contributed by atoms with Crippen molar-refractivity contribution >= 4 is 36.8 Å². The van der Waals surface area contributed by atoms with Gasteiger partial charge in [0.25, 0.3) is 5.91 Å². The standard InChI is InChI=1S/C34H43BN4O6/c1-3-11-30(44-21-23-12-7-5-8-13-23)26(4-2)36-32(40)20-39-29(19-28(38-39)34(42)43)33(41)37-27-18-25(35)16-17-31(27)45-22-24-14-9-6-10-15-24/h5,7-8,12-13,16-19,24,26,30H,3-4,6,9-11,14-15,20-22H2,1-2H3,(H,36,40)(H,37,41)(H,42,43)/t26-,30-/m0/s1. The second kappa shape index (κ2) is 16.8. The number of carboxylic acid groups (broad SMARTS) is 1. The molecule has 1 aliphatic carbocycles. The molecule has 3 aromatic rings. The van der Waals surface area contributed by atoms with E-state index in [1.807, 2.05) is 37.3 Å². The van der Waals surface area contributed by atoms with E-state index in [4.69, 9.17) is 17.3 Å². The van der Waals surface area contributed by atoms with Crippen molar-refractivity contribution in [2.75, 3.05) is 11.9 Å². The van der Waals surface area contributed by atoms with Crippen LogP contribution in [0, 0.1) is 5.92 Å². The summed E-state index contributed by atoms with van der Waals surface area (Å²) in [6.07, 6.45) is 7.82. The van der Waals surface area contributed by atoms with Crippen molar-refractivity contribution < 1.29 is 29.0 Å². The van der Waals surface area contributed by atoms with Crippen molar-refractivity contribution in [3.63, 3.8) is 0 Å². The molecule has 2 atom stereocenters. The van der Waals surface area contributed by atoms with Gasteiger partial charge >= 0.3 is 5.97 Å². The summed E-state index contributed by atoms with van der Waals surface area (Å²) >= 11 is 0. The lowest BCUT2D eigenvalue weighted by atomic mass is 9.90. The molecule has 0 bridgehead atoms. The van der Waals surface area contributed by atoms with Crippen LogP contribution in [0.2, 0.25) is 0 Å². The van der Waals surface area contributed by atoms with Crippen molar-refractivity contribution in [2.45, 2.75) is 90.5 Å². The second-order valence-corrected chi connectivity index (χ2v) is 11.6. The fraction of sp³-hybridized carbons (Fsp3) is 0.471. The van der Waals surface area contributed by atoms with Crippen LogP contribution in [0.5, 0.6) is 5.75 Å². The lowest BCUT2D eigenvalue weighted by molar-refractivity contribution is -0.124. The van der Waals surface area contributed by atoms with Crippen molar-refractivity contribution in [1.29, 1.82) is 0 Å². The fourth-order valence-electron chi connectivity index (χ4n) is 5.65. The Morgan fingerprint density at radius 1 is 1.07 bits per heavy atom. The molecule has 10 nitrogen and oxygen atoms in total. The molecule has 2 aromatic carbocycles. The van der Waals surface area contributed by atoms with Gasteiger partial charge in [-0.1, -0.05) is 81.4 Å². The van der Waals surface area contributed by atoms with Gasteiger partial charge in [0, 0.05) is 6.07 Å². The zero-order valence-electron chi connectivity index (χ0n) is 26.2. The Morgan fingerprint density at radius 2 is 1.82 bits per heavy atom. The number of anilines is 1. The lowest BCUT2D eigenvalue weighted by Gasteiger charge is -2.27. The number of nitrogens with zero attached hydrogens (tertiary/aromatic N) is 2. The van der Waals surface area contributed by atoms with Crippen LogP contribution in [-0.2, 0) is 22.7 Å². The molecule has 0 unspecified atom stereocenters. The summed E-state index contributed by atoms with van der Waals surface area (Å²) in [4.78, 5) is 38.5. The first-order valence-corrected chi connectivity index (χ1v) is 15.9. The van der Waals surface area contributed by atoms with Gasteiger partial charge in [-0.05, 0) is 49.3 Å². The Labute approximate surface area is 266 Å². The maximum absolute atomic E-state index is 13.5. The van der Waals surface area contributed by atoms with E-state index in [9.17, 15) is 19.5 Å². The van der Waals surface area contributed by atoms with Crippen LogP contribution in [0.3, 0.4) is 0 Å². The normalized spacial score (nSPS) is 14.8. The number of benzene rings is 2. The molecule has 2 amide bonds. The second-order valence-electron chi connectivity index (χ2n) is 11.6. The Bertz CT molecular complexity index is 1420. The highest BCUT2D eigenvalue weighted by atomic mass is 16.5. The first-order chi connectivity index (χ1) is 21.8. The monoisotopic (exact) mass is 614 g/mol. The van der Waals surface area contributed by atoms with Crippen LogP contribution in [0.25, 0.3) is 0 Å². The molecular formula is C34H43BN4O6. The Morgan fingerprint density at radius 3 is 2.51 bits per heavy atom. The first kappa shape index (κ1) is 33.8. The highest BCUT2D eigenvalue weighted by Crippen LogP contribution is 2.28. The number of carboxylic acids is 1. The summed E-state index contributed by atoms with van der Waals surface area (Å²) in [6, 6.07) is 15.7. The van der Waals surface area contributed by atoms with Crippen LogP contribution in [0.1, 0.15) is 91.8 Å². The molecule has 2 radical (unpaired) electrons. The SMILES string of the molecule is [B]c1ccc(OCC2CCCCC2)c(NC(=O)c2cc(C(=O)O)nn2CC(=O)N[C@@H](CC)[C@H](CCC)OCc2ccccc2)c1. The molecule has 1 aliphatic rings. The van der Waals surface area contributed by atoms with Crippen molar-refractivity contribution in [2.24, 2.45) is 5.92 Å². The molecule has 45 heavy (non-hydrogen) atoms. The van der Waals surface area contributed by atoms with Gasteiger partial charge < -0.3 is 25.2 Å². The summed E-state index contributed by atoms with van der Waals surface area (Å²) in [5, 5.41) is 19.5. The van der Waals surface area contributed by atoms with Gasteiger partial charge in [0.05, 0.1) is 31.0 Å². The third-order valence-corrected chi connectivity index (χ3v) is 8.09. The van der Waals surface area contributed by atoms with Crippen LogP contribution in [-0.4, -0.2) is 59.3 Å². The molecule has 0 saturated heterocycles. The summed E-state index contributed by atoms with van der Waals surface area (Å²) in [6.45, 7) is 4.61. The molecule has 4 rings (SSSR count). The topological polar surface area (TPSA) is 132 Å². The number of carbonyl (C=O) groups excluding carboxylic acids is 2. The number of ether oxygens (including phenoxy) is 2. The quantitative estimate of drug-likeness (QED) is 0.196. The minimum Gasteiger partial charge on any atom is -0.491 e. The van der Waals surface area contributed by atoms with Crippen molar-refractivity contribution in [1.82, 2.24) is 15.1 Å². The zero-order chi connectivity index (χ0) is 32.2. The lowest BCUT2D eigenvalue weighted by Crippen LogP contribution is -2.45. The Kier molecular flexibility index (Phi) is 12.6. The van der Waals surface area contributed by atoms with E-state index in [0.29, 0.717) is 42.5 Å². The Hall–Kier alpha value is -4.12. The van der Waals surface area contributed by atoms with Gasteiger partial charge in [-0.3, -0.25) is 9.59 Å². The molecule has 238 valence electrons. The molecular weight excluding hydrogens is 571 g/mol. The van der Waals surface area contributed by atoms with Gasteiger partial charge in [-0.25, -0.2) is 9.48 Å². The van der Waals surface area contributed by atoms with Gasteiger partial charge in [-0.2, -0.15) is 5.10 Å². The van der Waals surface area contributed by atoms with Gasteiger partial charge in [0.15, 0.2) is 5.69 Å². The van der Waals surface area contributed by atoms with Gasteiger partial charge in [0.2, 0.25) is 5.91 Å².